The van der Waals surface area contributed by atoms with Gasteiger partial charge in [0, 0.05) is 17.2 Å². The van der Waals surface area contributed by atoms with Crippen molar-refractivity contribution < 1.29 is 9.72 Å². The Bertz CT molecular complexity index is 460. The number of aldehydes is 1. The van der Waals surface area contributed by atoms with E-state index in [9.17, 15) is 14.9 Å². The number of carbonyl (C=O) groups excluding carboxylic acids is 1. The zero-order chi connectivity index (χ0) is 11.4. The fourth-order valence-electron chi connectivity index (χ4n) is 1.30. The van der Waals surface area contributed by atoms with Crippen LogP contribution in [0.15, 0.2) is 12.1 Å². The van der Waals surface area contributed by atoms with Gasteiger partial charge >= 0.3 is 0 Å². The van der Waals surface area contributed by atoms with Crippen LogP contribution in [-0.4, -0.2) is 11.2 Å². The monoisotopic (exact) mass is 204 g/mol. The van der Waals surface area contributed by atoms with E-state index in [0.717, 1.165) is 0 Å². The fourth-order valence-corrected chi connectivity index (χ4v) is 1.30. The molecule has 76 valence electrons. The molecule has 1 rings (SSSR count). The van der Waals surface area contributed by atoms with Crippen molar-refractivity contribution in [2.45, 2.75) is 13.3 Å². The van der Waals surface area contributed by atoms with Crippen molar-refractivity contribution in [3.05, 3.63) is 38.9 Å². The van der Waals surface area contributed by atoms with Gasteiger partial charge in [0.2, 0.25) is 0 Å². The molecule has 0 saturated carbocycles. The number of nitro groups is 1. The molecule has 0 aliphatic carbocycles. The molecule has 0 atom stereocenters. The molecule has 0 N–H and O–H groups in total. The summed E-state index contributed by atoms with van der Waals surface area (Å²) < 4.78 is 0. The van der Waals surface area contributed by atoms with E-state index in [1.54, 1.807) is 6.92 Å². The van der Waals surface area contributed by atoms with E-state index < -0.39 is 4.92 Å². The largest absolute Gasteiger partial charge is 0.298 e. The summed E-state index contributed by atoms with van der Waals surface area (Å²) in [6.07, 6.45) is 0.536. The zero-order valence-electron chi connectivity index (χ0n) is 8.06. The molecule has 5 nitrogen and oxygen atoms in total. The van der Waals surface area contributed by atoms with Gasteiger partial charge in [0.1, 0.15) is 0 Å². The standard InChI is InChI=1S/C10H8N2O3/c1-7-4-8(2-3-11)10(12(14)15)5-9(7)6-13/h4-6H,2H2,1H3. The highest BCUT2D eigenvalue weighted by Crippen LogP contribution is 2.22. The average molecular weight is 204 g/mol. The van der Waals surface area contributed by atoms with Gasteiger partial charge in [0.25, 0.3) is 5.69 Å². The van der Waals surface area contributed by atoms with Crippen LogP contribution >= 0.6 is 0 Å². The molecular weight excluding hydrogens is 196 g/mol. The first-order valence-corrected chi connectivity index (χ1v) is 4.20. The molecule has 0 spiro atoms. The normalized spacial score (nSPS) is 9.33. The first-order valence-electron chi connectivity index (χ1n) is 4.20. The smallest absolute Gasteiger partial charge is 0.274 e. The maximum Gasteiger partial charge on any atom is 0.274 e. The average Bonchev–Trinajstić information content (AvgIpc) is 2.18. The van der Waals surface area contributed by atoms with Crippen molar-refractivity contribution in [1.29, 1.82) is 5.26 Å². The van der Waals surface area contributed by atoms with Gasteiger partial charge in [-0.1, -0.05) is 0 Å². The lowest BCUT2D eigenvalue weighted by Crippen LogP contribution is -1.98. The number of nitriles is 1. The highest BCUT2D eigenvalue weighted by molar-refractivity contribution is 5.79. The van der Waals surface area contributed by atoms with E-state index in [-0.39, 0.29) is 17.7 Å². The van der Waals surface area contributed by atoms with E-state index in [2.05, 4.69) is 0 Å². The highest BCUT2D eigenvalue weighted by atomic mass is 16.6. The summed E-state index contributed by atoms with van der Waals surface area (Å²) in [4.78, 5) is 20.7. The predicted octanol–water partition coefficient (Wildman–Crippen LogP) is 1.78. The second kappa shape index (κ2) is 4.33. The van der Waals surface area contributed by atoms with Crippen LogP contribution in [-0.2, 0) is 6.42 Å². The molecule has 0 aliphatic rings. The number of nitrogens with zero attached hydrogens (tertiary/aromatic N) is 2. The Morgan fingerprint density at radius 2 is 2.27 bits per heavy atom. The topological polar surface area (TPSA) is 84.0 Å². The minimum atomic E-state index is -0.584. The third-order valence-electron chi connectivity index (χ3n) is 2.06. The Morgan fingerprint density at radius 1 is 1.60 bits per heavy atom. The molecule has 0 aliphatic heterocycles. The predicted molar refractivity (Wildman–Crippen MR) is 52.5 cm³/mol. The van der Waals surface area contributed by atoms with E-state index in [1.807, 2.05) is 6.07 Å². The Kier molecular flexibility index (Phi) is 3.13. The van der Waals surface area contributed by atoms with Crippen LogP contribution in [0.25, 0.3) is 0 Å². The Morgan fingerprint density at radius 3 is 2.73 bits per heavy atom. The number of hydrogen-bond acceptors (Lipinski definition) is 4. The van der Waals surface area contributed by atoms with Gasteiger partial charge in [0.15, 0.2) is 6.29 Å². The van der Waals surface area contributed by atoms with Gasteiger partial charge in [-0.3, -0.25) is 14.9 Å². The van der Waals surface area contributed by atoms with Gasteiger partial charge in [-0.2, -0.15) is 5.26 Å². The summed E-state index contributed by atoms with van der Waals surface area (Å²) in [6, 6.07) is 4.56. The van der Waals surface area contributed by atoms with Gasteiger partial charge in [-0.25, -0.2) is 0 Å². The molecule has 0 unspecified atom stereocenters. The summed E-state index contributed by atoms with van der Waals surface area (Å²) in [5, 5.41) is 19.2. The summed E-state index contributed by atoms with van der Waals surface area (Å²) in [6.45, 7) is 1.67. The Balaban J connectivity index is 3.39. The summed E-state index contributed by atoms with van der Waals surface area (Å²) >= 11 is 0. The van der Waals surface area contributed by atoms with Crippen molar-refractivity contribution in [2.24, 2.45) is 0 Å². The van der Waals surface area contributed by atoms with Crippen LogP contribution in [0, 0.1) is 28.4 Å². The molecule has 0 amide bonds. The number of rotatable bonds is 3. The van der Waals surface area contributed by atoms with Crippen molar-refractivity contribution >= 4 is 12.0 Å². The molecule has 15 heavy (non-hydrogen) atoms. The Labute approximate surface area is 86.1 Å². The molecule has 1 aromatic rings. The van der Waals surface area contributed by atoms with Crippen LogP contribution < -0.4 is 0 Å². The van der Waals surface area contributed by atoms with E-state index in [4.69, 9.17) is 5.26 Å². The van der Waals surface area contributed by atoms with Gasteiger partial charge in [-0.15, -0.1) is 0 Å². The lowest BCUT2D eigenvalue weighted by Gasteiger charge is -2.02. The van der Waals surface area contributed by atoms with Crippen LogP contribution in [0.3, 0.4) is 0 Å². The van der Waals surface area contributed by atoms with Crippen LogP contribution in [0.2, 0.25) is 0 Å². The molecule has 0 radical (unpaired) electrons. The van der Waals surface area contributed by atoms with Gasteiger partial charge in [0.05, 0.1) is 17.4 Å². The fraction of sp³-hybridized carbons (Fsp3) is 0.200. The van der Waals surface area contributed by atoms with Crippen LogP contribution in [0.1, 0.15) is 21.5 Å². The maximum absolute atomic E-state index is 10.7. The van der Waals surface area contributed by atoms with E-state index >= 15 is 0 Å². The molecule has 0 aromatic heterocycles. The minimum Gasteiger partial charge on any atom is -0.298 e. The number of benzene rings is 1. The quantitative estimate of drug-likeness (QED) is 0.426. The number of hydrogen-bond donors (Lipinski definition) is 0. The maximum atomic E-state index is 10.7. The van der Waals surface area contributed by atoms with Crippen molar-refractivity contribution in [2.75, 3.05) is 0 Å². The summed E-state index contributed by atoms with van der Waals surface area (Å²) in [7, 11) is 0. The SMILES string of the molecule is Cc1cc(CC#N)c([N+](=O)[O-])cc1C=O. The molecule has 0 bridgehead atoms. The second-order valence-electron chi connectivity index (χ2n) is 3.05. The number of carbonyl (C=O) groups is 1. The lowest BCUT2D eigenvalue weighted by molar-refractivity contribution is -0.385. The Hall–Kier alpha value is -2.22. The molecular formula is C10H8N2O3. The van der Waals surface area contributed by atoms with E-state index in [0.29, 0.717) is 17.4 Å². The van der Waals surface area contributed by atoms with Gasteiger partial charge < -0.3 is 0 Å². The van der Waals surface area contributed by atoms with Crippen LogP contribution in [0.5, 0.6) is 0 Å². The summed E-state index contributed by atoms with van der Waals surface area (Å²) in [5.41, 5.74) is 1.08. The van der Waals surface area contributed by atoms with Gasteiger partial charge in [-0.05, 0) is 18.6 Å². The highest BCUT2D eigenvalue weighted by Gasteiger charge is 2.15. The minimum absolute atomic E-state index is 0.0315. The van der Waals surface area contributed by atoms with Crippen molar-refractivity contribution in [3.63, 3.8) is 0 Å². The third-order valence-corrected chi connectivity index (χ3v) is 2.06. The first-order chi connectivity index (χ1) is 7.10. The van der Waals surface area contributed by atoms with E-state index in [1.165, 1.54) is 12.1 Å². The zero-order valence-corrected chi connectivity index (χ0v) is 8.06. The van der Waals surface area contributed by atoms with Crippen LogP contribution in [0.4, 0.5) is 5.69 Å². The van der Waals surface area contributed by atoms with Crippen molar-refractivity contribution in [3.8, 4) is 6.07 Å². The lowest BCUT2D eigenvalue weighted by atomic mass is 10.0. The second-order valence-corrected chi connectivity index (χ2v) is 3.05. The molecule has 1 aromatic carbocycles. The molecule has 5 heteroatoms. The van der Waals surface area contributed by atoms with Crippen molar-refractivity contribution in [1.82, 2.24) is 0 Å². The molecule has 0 saturated heterocycles. The number of aryl methyl sites for hydroxylation is 1. The third kappa shape index (κ3) is 2.17. The first kappa shape index (κ1) is 10.9. The summed E-state index contributed by atoms with van der Waals surface area (Å²) in [5.74, 6) is 0. The molecule has 0 fully saturated rings. The molecule has 0 heterocycles. The number of nitro benzene ring substituents is 1.